The molecule has 0 aliphatic heterocycles. The molecule has 0 spiro atoms. The van der Waals surface area contributed by atoms with Crippen LogP contribution in [0.2, 0.25) is 10.0 Å². The van der Waals surface area contributed by atoms with Crippen molar-refractivity contribution in [3.05, 3.63) is 63.9 Å². The van der Waals surface area contributed by atoms with E-state index in [-0.39, 0.29) is 5.91 Å². The molecule has 3 rings (SSSR count). The van der Waals surface area contributed by atoms with Crippen LogP contribution in [0.5, 0.6) is 0 Å². The molecule has 1 heterocycles. The number of benzene rings is 2. The first-order valence-corrected chi connectivity index (χ1v) is 10.5. The lowest BCUT2D eigenvalue weighted by molar-refractivity contribution is 0.0735. The third-order valence-corrected chi connectivity index (χ3v) is 5.31. The number of halogens is 2. The van der Waals surface area contributed by atoms with Gasteiger partial charge in [0.2, 0.25) is 0 Å². The molecule has 28 heavy (non-hydrogen) atoms. The molecule has 6 heteroatoms. The summed E-state index contributed by atoms with van der Waals surface area (Å²) in [7, 11) is 0. The minimum absolute atomic E-state index is 0.115. The molecule has 148 valence electrons. The number of para-hydroxylation sites is 2. The Morgan fingerprint density at radius 1 is 1.11 bits per heavy atom. The van der Waals surface area contributed by atoms with E-state index in [4.69, 9.17) is 28.2 Å². The third-order valence-electron chi connectivity index (χ3n) is 4.74. The lowest BCUT2D eigenvalue weighted by Crippen LogP contribution is -2.33. The van der Waals surface area contributed by atoms with Gasteiger partial charge >= 0.3 is 0 Å². The Hall–Kier alpha value is -2.04. The molecule has 3 aromatic rings. The largest absolute Gasteiger partial charge is 0.331 e. The first-order valence-electron chi connectivity index (χ1n) is 9.73. The first-order chi connectivity index (χ1) is 13.5. The second kappa shape index (κ2) is 9.44. The summed E-state index contributed by atoms with van der Waals surface area (Å²) in [4.78, 5) is 19.9. The van der Waals surface area contributed by atoms with E-state index in [9.17, 15) is 4.79 Å². The number of hydrogen-bond acceptors (Lipinski definition) is 2. The number of aryl methyl sites for hydroxylation is 1. The topological polar surface area (TPSA) is 38.1 Å². The Kier molecular flexibility index (Phi) is 6.97. The van der Waals surface area contributed by atoms with E-state index >= 15 is 0 Å². The number of imidazole rings is 1. The van der Waals surface area contributed by atoms with E-state index in [1.54, 1.807) is 18.2 Å². The Morgan fingerprint density at radius 2 is 1.89 bits per heavy atom. The average molecular weight is 418 g/mol. The number of carbonyl (C=O) groups is 1. The Labute approximate surface area is 176 Å². The molecule has 0 bridgehead atoms. The van der Waals surface area contributed by atoms with Crippen LogP contribution in [0.15, 0.2) is 42.5 Å². The maximum absolute atomic E-state index is 13.3. The van der Waals surface area contributed by atoms with Crippen molar-refractivity contribution in [3.8, 4) is 0 Å². The summed E-state index contributed by atoms with van der Waals surface area (Å²) in [5, 5.41) is 0.916. The van der Waals surface area contributed by atoms with Crippen molar-refractivity contribution in [2.45, 2.75) is 46.2 Å². The van der Waals surface area contributed by atoms with Crippen LogP contribution in [0, 0.1) is 0 Å². The Bertz CT molecular complexity index is 968. The standard InChI is InChI=1S/C22H25Cl2N3O/c1-3-5-13-26(22(28)17-14-16(23)10-11-18(17)24)15-21-25-19-8-6-7-9-20(19)27(21)12-4-2/h6-11,14H,3-5,12-13,15H2,1-2H3. The fourth-order valence-corrected chi connectivity index (χ4v) is 3.69. The van der Waals surface area contributed by atoms with Gasteiger partial charge in [-0.15, -0.1) is 0 Å². The highest BCUT2D eigenvalue weighted by atomic mass is 35.5. The maximum atomic E-state index is 13.3. The number of nitrogens with zero attached hydrogens (tertiary/aromatic N) is 3. The van der Waals surface area contributed by atoms with Crippen molar-refractivity contribution < 1.29 is 4.79 Å². The molecule has 1 aromatic heterocycles. The minimum atomic E-state index is -0.115. The van der Waals surface area contributed by atoms with Gasteiger partial charge in [-0.05, 0) is 43.2 Å². The number of hydrogen-bond donors (Lipinski definition) is 0. The summed E-state index contributed by atoms with van der Waals surface area (Å²) < 4.78 is 2.21. The quantitative estimate of drug-likeness (QED) is 0.437. The van der Waals surface area contributed by atoms with E-state index in [1.165, 1.54) is 0 Å². The molecule has 0 aliphatic rings. The van der Waals surface area contributed by atoms with Crippen LogP contribution in [0.4, 0.5) is 0 Å². The summed E-state index contributed by atoms with van der Waals surface area (Å²) in [6.07, 6.45) is 2.91. The molecular formula is C22H25Cl2N3O. The monoisotopic (exact) mass is 417 g/mol. The summed E-state index contributed by atoms with van der Waals surface area (Å²) in [6, 6.07) is 13.1. The van der Waals surface area contributed by atoms with Crippen LogP contribution in [0.1, 0.15) is 49.3 Å². The number of rotatable bonds is 8. The zero-order valence-corrected chi connectivity index (χ0v) is 17.8. The van der Waals surface area contributed by atoms with Crippen LogP contribution >= 0.6 is 23.2 Å². The molecule has 0 unspecified atom stereocenters. The number of fused-ring (bicyclic) bond motifs is 1. The minimum Gasteiger partial charge on any atom is -0.331 e. The van der Waals surface area contributed by atoms with Crippen molar-refractivity contribution in [1.82, 2.24) is 14.5 Å². The van der Waals surface area contributed by atoms with Gasteiger partial charge in [-0.3, -0.25) is 4.79 Å². The number of amides is 1. The fourth-order valence-electron chi connectivity index (χ4n) is 3.32. The average Bonchev–Trinajstić information content (AvgIpc) is 3.04. The van der Waals surface area contributed by atoms with E-state index in [2.05, 4.69) is 24.5 Å². The SMILES string of the molecule is CCCCN(Cc1nc2ccccc2n1CCC)C(=O)c1cc(Cl)ccc1Cl. The Morgan fingerprint density at radius 3 is 2.64 bits per heavy atom. The lowest BCUT2D eigenvalue weighted by atomic mass is 10.2. The van der Waals surface area contributed by atoms with Crippen LogP contribution in [-0.2, 0) is 13.1 Å². The van der Waals surface area contributed by atoms with E-state index in [1.807, 2.05) is 23.1 Å². The molecule has 0 radical (unpaired) electrons. The Balaban J connectivity index is 1.97. The highest BCUT2D eigenvalue weighted by Crippen LogP contribution is 2.24. The van der Waals surface area contributed by atoms with Crippen LogP contribution < -0.4 is 0 Å². The van der Waals surface area contributed by atoms with E-state index < -0.39 is 0 Å². The van der Waals surface area contributed by atoms with Gasteiger partial charge in [-0.25, -0.2) is 4.98 Å². The predicted octanol–water partition coefficient (Wildman–Crippen LogP) is 6.20. The summed E-state index contributed by atoms with van der Waals surface area (Å²) >= 11 is 12.4. The van der Waals surface area contributed by atoms with Gasteiger partial charge in [-0.2, -0.15) is 0 Å². The summed E-state index contributed by atoms with van der Waals surface area (Å²) in [5.74, 6) is 0.779. The highest BCUT2D eigenvalue weighted by Gasteiger charge is 2.21. The third kappa shape index (κ3) is 4.50. The van der Waals surface area contributed by atoms with Crippen molar-refractivity contribution in [2.24, 2.45) is 0 Å². The van der Waals surface area contributed by atoms with Crippen molar-refractivity contribution in [2.75, 3.05) is 6.54 Å². The van der Waals surface area contributed by atoms with E-state index in [0.29, 0.717) is 28.7 Å². The molecule has 1 amide bonds. The van der Waals surface area contributed by atoms with Gasteiger partial charge in [0.1, 0.15) is 5.82 Å². The van der Waals surface area contributed by atoms with Crippen LogP contribution in [0.3, 0.4) is 0 Å². The molecule has 0 saturated carbocycles. The molecule has 0 aliphatic carbocycles. The highest BCUT2D eigenvalue weighted by molar-refractivity contribution is 6.35. The number of aromatic nitrogens is 2. The number of unbranched alkanes of at least 4 members (excludes halogenated alkanes) is 1. The van der Waals surface area contributed by atoms with Gasteiger partial charge in [0.15, 0.2) is 0 Å². The maximum Gasteiger partial charge on any atom is 0.255 e. The van der Waals surface area contributed by atoms with Gasteiger partial charge in [0.05, 0.1) is 28.2 Å². The predicted molar refractivity (Wildman–Crippen MR) is 116 cm³/mol. The van der Waals surface area contributed by atoms with Gasteiger partial charge in [-0.1, -0.05) is 55.6 Å². The smallest absolute Gasteiger partial charge is 0.255 e. The normalized spacial score (nSPS) is 11.1. The molecule has 4 nitrogen and oxygen atoms in total. The zero-order valence-electron chi connectivity index (χ0n) is 16.3. The van der Waals surface area contributed by atoms with Gasteiger partial charge in [0, 0.05) is 18.1 Å². The first kappa shape index (κ1) is 20.7. The van der Waals surface area contributed by atoms with Crippen molar-refractivity contribution in [3.63, 3.8) is 0 Å². The van der Waals surface area contributed by atoms with Gasteiger partial charge < -0.3 is 9.47 Å². The molecule has 0 fully saturated rings. The van der Waals surface area contributed by atoms with Crippen LogP contribution in [-0.4, -0.2) is 26.9 Å². The van der Waals surface area contributed by atoms with Crippen molar-refractivity contribution >= 4 is 40.1 Å². The van der Waals surface area contributed by atoms with Crippen molar-refractivity contribution in [1.29, 1.82) is 0 Å². The summed E-state index contributed by atoms with van der Waals surface area (Å²) in [5.41, 5.74) is 2.49. The van der Waals surface area contributed by atoms with Crippen LogP contribution in [0.25, 0.3) is 11.0 Å². The van der Waals surface area contributed by atoms with E-state index in [0.717, 1.165) is 42.7 Å². The number of carbonyl (C=O) groups excluding carboxylic acids is 1. The summed E-state index contributed by atoms with van der Waals surface area (Å²) in [6.45, 7) is 6.21. The lowest BCUT2D eigenvalue weighted by Gasteiger charge is -2.23. The second-order valence-electron chi connectivity index (χ2n) is 6.87. The molecule has 0 N–H and O–H groups in total. The zero-order chi connectivity index (χ0) is 20.1. The molecule has 0 atom stereocenters. The second-order valence-corrected chi connectivity index (χ2v) is 7.72. The fraction of sp³-hybridized carbons (Fsp3) is 0.364. The molecular weight excluding hydrogens is 393 g/mol. The molecule has 2 aromatic carbocycles. The molecule has 0 saturated heterocycles. The van der Waals surface area contributed by atoms with Gasteiger partial charge in [0.25, 0.3) is 5.91 Å².